The molecule has 2 atom stereocenters. The van der Waals surface area contributed by atoms with Crippen LogP contribution in [-0.2, 0) is 4.79 Å². The molecule has 2 aliphatic rings. The number of nitrogens with one attached hydrogen (secondary N) is 2. The van der Waals surface area contributed by atoms with Crippen molar-refractivity contribution >= 4 is 5.91 Å². The molecule has 90 valence electrons. The molecule has 3 rings (SSSR count). The fraction of sp³-hybridized carbons (Fsp3) is 0.462. The monoisotopic (exact) mass is 232 g/mol. The Hall–Kier alpha value is -1.55. The lowest BCUT2D eigenvalue weighted by molar-refractivity contribution is -0.123. The zero-order valence-corrected chi connectivity index (χ0v) is 9.61. The number of fused-ring (bicyclic) bond motifs is 1. The molecule has 4 nitrogen and oxygen atoms in total. The molecule has 1 unspecified atom stereocenters. The molecule has 1 amide bonds. The minimum atomic E-state index is -0.0252. The van der Waals surface area contributed by atoms with Crippen molar-refractivity contribution in [3.8, 4) is 5.75 Å². The number of rotatable bonds is 2. The van der Waals surface area contributed by atoms with Crippen LogP contribution in [0.3, 0.4) is 0 Å². The Morgan fingerprint density at radius 1 is 1.41 bits per heavy atom. The maximum absolute atomic E-state index is 12.0. The number of carbonyl (C=O) groups is 1. The first-order valence-electron chi connectivity index (χ1n) is 6.10. The van der Waals surface area contributed by atoms with Gasteiger partial charge in [0, 0.05) is 5.56 Å². The van der Waals surface area contributed by atoms with E-state index < -0.39 is 0 Å². The molecule has 0 radical (unpaired) electrons. The molecule has 2 heterocycles. The molecule has 4 heteroatoms. The summed E-state index contributed by atoms with van der Waals surface area (Å²) in [6.45, 7) is 1.48. The van der Waals surface area contributed by atoms with Crippen LogP contribution in [0.15, 0.2) is 24.3 Å². The number of ether oxygens (including phenoxy) is 1. The molecule has 2 N–H and O–H groups in total. The second kappa shape index (κ2) is 4.37. The van der Waals surface area contributed by atoms with Gasteiger partial charge < -0.3 is 15.4 Å². The molecule has 1 aromatic rings. The summed E-state index contributed by atoms with van der Waals surface area (Å²) in [6, 6.07) is 7.84. The summed E-state index contributed by atoms with van der Waals surface area (Å²) in [7, 11) is 0. The predicted octanol–water partition coefficient (Wildman–Crippen LogP) is 0.988. The highest BCUT2D eigenvalue weighted by Crippen LogP contribution is 2.31. The van der Waals surface area contributed by atoms with Gasteiger partial charge in [0.05, 0.1) is 12.1 Å². The van der Waals surface area contributed by atoms with Crippen LogP contribution >= 0.6 is 0 Å². The third kappa shape index (κ3) is 2.00. The van der Waals surface area contributed by atoms with Crippen LogP contribution in [0, 0.1) is 0 Å². The van der Waals surface area contributed by atoms with Gasteiger partial charge in [-0.1, -0.05) is 18.2 Å². The van der Waals surface area contributed by atoms with Gasteiger partial charge in [-0.05, 0) is 25.5 Å². The first kappa shape index (κ1) is 10.6. The second-order valence-corrected chi connectivity index (χ2v) is 4.56. The summed E-state index contributed by atoms with van der Waals surface area (Å²) in [4.78, 5) is 12.0. The number of benzene rings is 1. The number of hydrogen-bond donors (Lipinski definition) is 2. The maximum atomic E-state index is 12.0. The maximum Gasteiger partial charge on any atom is 0.237 e. The van der Waals surface area contributed by atoms with E-state index in [9.17, 15) is 4.79 Å². The van der Waals surface area contributed by atoms with Gasteiger partial charge in [0.2, 0.25) is 5.91 Å². The fourth-order valence-electron chi connectivity index (χ4n) is 2.46. The smallest absolute Gasteiger partial charge is 0.237 e. The van der Waals surface area contributed by atoms with Crippen molar-refractivity contribution in [3.05, 3.63) is 29.8 Å². The van der Waals surface area contributed by atoms with Gasteiger partial charge in [-0.15, -0.1) is 0 Å². The SMILES string of the molecule is O=C(NC1COc2ccccc21)[C@H]1CCCN1. The van der Waals surface area contributed by atoms with Crippen molar-refractivity contribution in [2.24, 2.45) is 0 Å². The summed E-state index contributed by atoms with van der Waals surface area (Å²) in [5.41, 5.74) is 1.08. The number of para-hydroxylation sites is 1. The van der Waals surface area contributed by atoms with Crippen LogP contribution in [0.5, 0.6) is 5.75 Å². The Morgan fingerprint density at radius 2 is 2.29 bits per heavy atom. The Morgan fingerprint density at radius 3 is 3.12 bits per heavy atom. The summed E-state index contributed by atoms with van der Waals surface area (Å²) in [5.74, 6) is 0.977. The average Bonchev–Trinajstić information content (AvgIpc) is 2.98. The third-order valence-electron chi connectivity index (χ3n) is 3.39. The van der Waals surface area contributed by atoms with E-state index in [0.717, 1.165) is 30.7 Å². The zero-order valence-electron chi connectivity index (χ0n) is 9.61. The van der Waals surface area contributed by atoms with Gasteiger partial charge in [-0.3, -0.25) is 4.79 Å². The molecule has 17 heavy (non-hydrogen) atoms. The van der Waals surface area contributed by atoms with Crippen molar-refractivity contribution in [1.82, 2.24) is 10.6 Å². The van der Waals surface area contributed by atoms with E-state index in [0.29, 0.717) is 6.61 Å². The van der Waals surface area contributed by atoms with E-state index in [1.54, 1.807) is 0 Å². The van der Waals surface area contributed by atoms with E-state index >= 15 is 0 Å². The molecule has 1 aromatic carbocycles. The minimum Gasteiger partial charge on any atom is -0.491 e. The molecule has 1 fully saturated rings. The van der Waals surface area contributed by atoms with Gasteiger partial charge in [-0.25, -0.2) is 0 Å². The Kier molecular flexibility index (Phi) is 2.73. The highest BCUT2D eigenvalue weighted by atomic mass is 16.5. The molecule has 0 bridgehead atoms. The molecule has 0 saturated carbocycles. The predicted molar refractivity (Wildman–Crippen MR) is 63.8 cm³/mol. The lowest BCUT2D eigenvalue weighted by atomic mass is 10.1. The van der Waals surface area contributed by atoms with Gasteiger partial charge in [0.25, 0.3) is 0 Å². The summed E-state index contributed by atoms with van der Waals surface area (Å²) in [5, 5.41) is 6.25. The van der Waals surface area contributed by atoms with Gasteiger partial charge in [0.15, 0.2) is 0 Å². The average molecular weight is 232 g/mol. The first-order chi connectivity index (χ1) is 8.34. The van der Waals surface area contributed by atoms with Crippen LogP contribution in [0.2, 0.25) is 0 Å². The quantitative estimate of drug-likeness (QED) is 0.799. The van der Waals surface area contributed by atoms with Crippen molar-refractivity contribution in [1.29, 1.82) is 0 Å². The van der Waals surface area contributed by atoms with Crippen molar-refractivity contribution in [2.45, 2.75) is 24.9 Å². The van der Waals surface area contributed by atoms with E-state index in [-0.39, 0.29) is 18.0 Å². The van der Waals surface area contributed by atoms with Gasteiger partial charge >= 0.3 is 0 Å². The van der Waals surface area contributed by atoms with Crippen LogP contribution in [-0.4, -0.2) is 25.1 Å². The summed E-state index contributed by atoms with van der Waals surface area (Å²) in [6.07, 6.45) is 2.01. The molecule has 0 aromatic heterocycles. The largest absolute Gasteiger partial charge is 0.491 e. The van der Waals surface area contributed by atoms with Gasteiger partial charge in [-0.2, -0.15) is 0 Å². The molecule has 0 spiro atoms. The van der Waals surface area contributed by atoms with E-state index in [1.165, 1.54) is 0 Å². The van der Waals surface area contributed by atoms with Crippen molar-refractivity contribution in [3.63, 3.8) is 0 Å². The van der Waals surface area contributed by atoms with Crippen LogP contribution in [0.1, 0.15) is 24.4 Å². The molecular weight excluding hydrogens is 216 g/mol. The van der Waals surface area contributed by atoms with Crippen LogP contribution in [0.25, 0.3) is 0 Å². The highest BCUT2D eigenvalue weighted by molar-refractivity contribution is 5.82. The Balaban J connectivity index is 1.68. The van der Waals surface area contributed by atoms with E-state index in [2.05, 4.69) is 10.6 Å². The molecular formula is C13H16N2O2. The van der Waals surface area contributed by atoms with E-state index in [1.807, 2.05) is 24.3 Å². The lowest BCUT2D eigenvalue weighted by Crippen LogP contribution is -2.42. The number of amides is 1. The summed E-state index contributed by atoms with van der Waals surface area (Å²) >= 11 is 0. The molecule has 0 aliphatic carbocycles. The fourth-order valence-corrected chi connectivity index (χ4v) is 2.46. The van der Waals surface area contributed by atoms with Crippen LogP contribution < -0.4 is 15.4 Å². The number of carbonyl (C=O) groups excluding carboxylic acids is 1. The lowest BCUT2D eigenvalue weighted by Gasteiger charge is -2.15. The molecule has 1 saturated heterocycles. The van der Waals surface area contributed by atoms with Gasteiger partial charge in [0.1, 0.15) is 12.4 Å². The first-order valence-corrected chi connectivity index (χ1v) is 6.10. The Bertz CT molecular complexity index is 427. The topological polar surface area (TPSA) is 50.4 Å². The second-order valence-electron chi connectivity index (χ2n) is 4.56. The zero-order chi connectivity index (χ0) is 11.7. The Labute approximate surface area is 100 Å². The third-order valence-corrected chi connectivity index (χ3v) is 3.39. The van der Waals surface area contributed by atoms with Crippen molar-refractivity contribution in [2.75, 3.05) is 13.2 Å². The standard InChI is InChI=1S/C13H16N2O2/c16-13(10-5-3-7-14-10)15-11-8-17-12-6-2-1-4-9(11)12/h1-2,4,6,10-11,14H,3,5,7-8H2,(H,15,16)/t10-,11?/m1/s1. The molecule has 2 aliphatic heterocycles. The summed E-state index contributed by atoms with van der Waals surface area (Å²) < 4.78 is 5.54. The minimum absolute atomic E-state index is 0.00102. The van der Waals surface area contributed by atoms with E-state index in [4.69, 9.17) is 4.74 Å². The highest BCUT2D eigenvalue weighted by Gasteiger charge is 2.29. The van der Waals surface area contributed by atoms with Crippen molar-refractivity contribution < 1.29 is 9.53 Å². The normalized spacial score (nSPS) is 26.4. The number of hydrogen-bond acceptors (Lipinski definition) is 3. The van der Waals surface area contributed by atoms with Crippen LogP contribution in [0.4, 0.5) is 0 Å².